The van der Waals surface area contributed by atoms with Crippen molar-refractivity contribution in [2.45, 2.75) is 5.25 Å². The summed E-state index contributed by atoms with van der Waals surface area (Å²) in [5.74, 6) is -0.564. The molecular formula is C7H5NO2S2. The first kappa shape index (κ1) is 7.94. The van der Waals surface area contributed by atoms with E-state index in [0.717, 1.165) is 0 Å². The average Bonchev–Trinajstić information content (AvgIpc) is 2.58. The lowest BCUT2D eigenvalue weighted by atomic mass is 10.2. The Labute approximate surface area is 77.1 Å². The quantitative estimate of drug-likeness (QED) is 0.502. The van der Waals surface area contributed by atoms with Crippen LogP contribution in [-0.2, 0) is 9.59 Å². The van der Waals surface area contributed by atoms with Gasteiger partial charge in [-0.15, -0.1) is 0 Å². The molecule has 1 unspecified atom stereocenters. The van der Waals surface area contributed by atoms with Gasteiger partial charge in [0.1, 0.15) is 0 Å². The van der Waals surface area contributed by atoms with Crippen molar-refractivity contribution in [3.05, 3.63) is 23.1 Å². The third kappa shape index (κ3) is 1.30. The minimum atomic E-state index is -0.305. The zero-order valence-electron chi connectivity index (χ0n) is 5.94. The van der Waals surface area contributed by atoms with Gasteiger partial charge in [-0.2, -0.15) is 0 Å². The lowest BCUT2D eigenvalue weighted by Crippen LogP contribution is -2.24. The summed E-state index contributed by atoms with van der Waals surface area (Å²) in [6.45, 7) is 0. The number of hydrogen-bond donors (Lipinski definition) is 1. The molecule has 0 saturated heterocycles. The van der Waals surface area contributed by atoms with E-state index in [4.69, 9.17) is 0 Å². The average molecular weight is 199 g/mol. The van der Waals surface area contributed by atoms with Crippen molar-refractivity contribution in [3.63, 3.8) is 0 Å². The van der Waals surface area contributed by atoms with Crippen LogP contribution in [-0.4, -0.2) is 17.1 Å². The topological polar surface area (TPSA) is 46.2 Å². The normalized spacial score (nSPS) is 27.7. The van der Waals surface area contributed by atoms with Crippen LogP contribution in [0.1, 0.15) is 0 Å². The Hall–Kier alpha value is -0.680. The van der Waals surface area contributed by atoms with Crippen molar-refractivity contribution >= 4 is 33.4 Å². The Morgan fingerprint density at radius 1 is 1.42 bits per heavy atom. The third-order valence-corrected chi connectivity index (χ3v) is 3.85. The molecule has 2 rings (SSSR count). The van der Waals surface area contributed by atoms with Crippen molar-refractivity contribution in [2.24, 2.45) is 0 Å². The smallest absolute Gasteiger partial charge is 0.255 e. The van der Waals surface area contributed by atoms with Crippen molar-refractivity contribution in [2.75, 3.05) is 0 Å². The van der Waals surface area contributed by atoms with Gasteiger partial charge in [-0.3, -0.25) is 14.9 Å². The molecule has 0 bridgehead atoms. The van der Waals surface area contributed by atoms with Crippen LogP contribution >= 0.6 is 21.6 Å². The van der Waals surface area contributed by atoms with E-state index < -0.39 is 0 Å². The van der Waals surface area contributed by atoms with Crippen LogP contribution in [0, 0.1) is 0 Å². The molecule has 1 atom stereocenters. The minimum Gasteiger partial charge on any atom is -0.289 e. The maximum Gasteiger partial charge on any atom is 0.255 e. The predicted molar refractivity (Wildman–Crippen MR) is 49.3 cm³/mol. The van der Waals surface area contributed by atoms with E-state index in [0.29, 0.717) is 5.57 Å². The lowest BCUT2D eigenvalue weighted by Gasteiger charge is -2.03. The van der Waals surface area contributed by atoms with Gasteiger partial charge >= 0.3 is 0 Å². The van der Waals surface area contributed by atoms with Crippen LogP contribution in [0.3, 0.4) is 0 Å². The Kier molecular flexibility index (Phi) is 1.98. The summed E-state index contributed by atoms with van der Waals surface area (Å²) >= 11 is 0. The Balaban J connectivity index is 2.22. The first-order valence-electron chi connectivity index (χ1n) is 3.33. The SMILES string of the molecule is O=C1C=C(C2C=CSS2)C(=O)N1. The van der Waals surface area contributed by atoms with Crippen LogP contribution in [0.25, 0.3) is 0 Å². The molecule has 62 valence electrons. The van der Waals surface area contributed by atoms with Gasteiger partial charge < -0.3 is 0 Å². The first-order valence-corrected chi connectivity index (χ1v) is 5.61. The molecule has 2 aliphatic rings. The van der Waals surface area contributed by atoms with Crippen LogP contribution in [0.2, 0.25) is 0 Å². The lowest BCUT2D eigenvalue weighted by molar-refractivity contribution is -0.123. The van der Waals surface area contributed by atoms with E-state index in [9.17, 15) is 9.59 Å². The Morgan fingerprint density at radius 3 is 2.75 bits per heavy atom. The van der Waals surface area contributed by atoms with Crippen LogP contribution in [0.15, 0.2) is 23.1 Å². The van der Waals surface area contributed by atoms with Gasteiger partial charge in [0.25, 0.3) is 11.8 Å². The highest BCUT2D eigenvalue weighted by Gasteiger charge is 2.28. The maximum atomic E-state index is 11.1. The zero-order valence-corrected chi connectivity index (χ0v) is 7.58. The predicted octanol–water partition coefficient (Wildman–Crippen LogP) is 0.846. The molecule has 2 aliphatic heterocycles. The molecule has 0 aromatic heterocycles. The highest BCUT2D eigenvalue weighted by molar-refractivity contribution is 8.78. The summed E-state index contributed by atoms with van der Waals surface area (Å²) in [7, 11) is 3.15. The molecule has 0 radical (unpaired) electrons. The Bertz CT molecular complexity index is 309. The number of hydrogen-bond acceptors (Lipinski definition) is 4. The summed E-state index contributed by atoms with van der Waals surface area (Å²) in [6, 6.07) is 0. The molecule has 3 nitrogen and oxygen atoms in total. The van der Waals surface area contributed by atoms with E-state index >= 15 is 0 Å². The second-order valence-corrected chi connectivity index (χ2v) is 4.68. The van der Waals surface area contributed by atoms with E-state index in [1.165, 1.54) is 6.08 Å². The molecule has 0 aromatic carbocycles. The Morgan fingerprint density at radius 2 is 2.25 bits per heavy atom. The fourth-order valence-corrected chi connectivity index (χ4v) is 3.19. The highest BCUT2D eigenvalue weighted by atomic mass is 33.1. The first-order chi connectivity index (χ1) is 5.77. The number of carbonyl (C=O) groups excluding carboxylic acids is 2. The maximum absolute atomic E-state index is 11.1. The molecular weight excluding hydrogens is 194 g/mol. The fraction of sp³-hybridized carbons (Fsp3) is 0.143. The van der Waals surface area contributed by atoms with Gasteiger partial charge in [0.2, 0.25) is 0 Å². The van der Waals surface area contributed by atoms with Gasteiger partial charge in [-0.05, 0) is 5.41 Å². The van der Waals surface area contributed by atoms with E-state index in [1.807, 2.05) is 11.5 Å². The largest absolute Gasteiger partial charge is 0.289 e. The van der Waals surface area contributed by atoms with Gasteiger partial charge in [-0.1, -0.05) is 27.7 Å². The van der Waals surface area contributed by atoms with Crippen molar-refractivity contribution in [1.29, 1.82) is 0 Å². The fourth-order valence-electron chi connectivity index (χ4n) is 1.02. The molecule has 12 heavy (non-hydrogen) atoms. The van der Waals surface area contributed by atoms with E-state index in [-0.39, 0.29) is 17.1 Å². The number of rotatable bonds is 1. The van der Waals surface area contributed by atoms with Crippen molar-refractivity contribution < 1.29 is 9.59 Å². The molecule has 0 saturated carbocycles. The summed E-state index contributed by atoms with van der Waals surface area (Å²) in [5, 5.41) is 4.18. The molecule has 0 aliphatic carbocycles. The molecule has 1 N–H and O–H groups in total. The molecule has 0 fully saturated rings. The summed E-state index contributed by atoms with van der Waals surface area (Å²) in [6.07, 6.45) is 3.29. The highest BCUT2D eigenvalue weighted by Crippen LogP contribution is 2.39. The minimum absolute atomic E-state index is 0.0430. The number of carbonyl (C=O) groups is 2. The van der Waals surface area contributed by atoms with E-state index in [1.54, 1.807) is 21.6 Å². The summed E-state index contributed by atoms with van der Waals surface area (Å²) in [5.41, 5.74) is 0.561. The second kappa shape index (κ2) is 2.99. The van der Waals surface area contributed by atoms with Gasteiger partial charge in [0.05, 0.1) is 5.25 Å². The molecule has 0 aromatic rings. The van der Waals surface area contributed by atoms with Gasteiger partial charge in [0, 0.05) is 11.6 Å². The summed E-state index contributed by atoms with van der Waals surface area (Å²) in [4.78, 5) is 21.9. The monoisotopic (exact) mass is 199 g/mol. The standard InChI is InChI=1S/C7H5NO2S2/c9-6-3-4(7(10)8-6)5-1-2-11-12-5/h1-3,5H,(H,8,9,10). The van der Waals surface area contributed by atoms with Crippen LogP contribution < -0.4 is 5.32 Å². The number of amides is 2. The molecule has 0 spiro atoms. The number of imide groups is 1. The van der Waals surface area contributed by atoms with Crippen LogP contribution in [0.4, 0.5) is 0 Å². The van der Waals surface area contributed by atoms with Gasteiger partial charge in [0.15, 0.2) is 0 Å². The molecule has 5 heteroatoms. The molecule has 2 heterocycles. The number of nitrogens with one attached hydrogen (secondary N) is 1. The molecule has 2 amide bonds. The van der Waals surface area contributed by atoms with E-state index in [2.05, 4.69) is 5.32 Å². The van der Waals surface area contributed by atoms with Crippen LogP contribution in [0.5, 0.6) is 0 Å². The van der Waals surface area contributed by atoms with Crippen molar-refractivity contribution in [3.8, 4) is 0 Å². The van der Waals surface area contributed by atoms with Crippen molar-refractivity contribution in [1.82, 2.24) is 5.32 Å². The zero-order chi connectivity index (χ0) is 8.55. The second-order valence-electron chi connectivity index (χ2n) is 2.36. The summed E-state index contributed by atoms with van der Waals surface area (Å²) < 4.78 is 0. The van der Waals surface area contributed by atoms with Gasteiger partial charge in [-0.25, -0.2) is 0 Å². The third-order valence-electron chi connectivity index (χ3n) is 1.56.